The number of carbonyl (C=O) groups excluding carboxylic acids is 2. The summed E-state index contributed by atoms with van der Waals surface area (Å²) in [6, 6.07) is 3.32. The molecule has 4 nitrogen and oxygen atoms in total. The second kappa shape index (κ2) is 7.36. The fourth-order valence-corrected chi connectivity index (χ4v) is 2.70. The molecule has 0 saturated heterocycles. The first-order chi connectivity index (χ1) is 10.1. The highest BCUT2D eigenvalue weighted by Gasteiger charge is 2.29. The zero-order chi connectivity index (χ0) is 15.2. The number of nitrogens with zero attached hydrogens (tertiary/aromatic N) is 1. The van der Waals surface area contributed by atoms with Gasteiger partial charge in [-0.3, -0.25) is 4.79 Å². The van der Waals surface area contributed by atoms with Gasteiger partial charge in [0.15, 0.2) is 5.78 Å². The largest absolute Gasteiger partial charge is 0.462 e. The first kappa shape index (κ1) is 15.7. The molecular formula is C16H18ClNO3. The molecule has 2 rings (SSSR count). The summed E-state index contributed by atoms with van der Waals surface area (Å²) in [5.74, 6) is -0.765. The monoisotopic (exact) mass is 307 g/mol. The lowest BCUT2D eigenvalue weighted by atomic mass is 9.95. The smallest absolute Gasteiger partial charge is 0.341 e. The van der Waals surface area contributed by atoms with E-state index in [-0.39, 0.29) is 23.9 Å². The summed E-state index contributed by atoms with van der Waals surface area (Å²) in [4.78, 5) is 28.5. The van der Waals surface area contributed by atoms with Crippen LogP contribution in [-0.2, 0) is 14.3 Å². The Morgan fingerprint density at radius 3 is 2.76 bits per heavy atom. The Morgan fingerprint density at radius 2 is 2.14 bits per heavy atom. The molecule has 112 valence electrons. The van der Waals surface area contributed by atoms with Crippen molar-refractivity contribution in [2.75, 3.05) is 6.61 Å². The Kier molecular flexibility index (Phi) is 5.51. The van der Waals surface area contributed by atoms with E-state index >= 15 is 0 Å². The molecule has 0 aromatic carbocycles. The number of hydrogen-bond donors (Lipinski definition) is 0. The molecule has 21 heavy (non-hydrogen) atoms. The third-order valence-electron chi connectivity index (χ3n) is 3.55. The fraction of sp³-hybridized carbons (Fsp3) is 0.438. The number of halogens is 1. The SMILES string of the molecule is CCOC(=O)C(=Cc1ccnc(Cl)c1)C(=O)C1CCCC1. The van der Waals surface area contributed by atoms with Crippen LogP contribution in [0.1, 0.15) is 38.2 Å². The standard InChI is InChI=1S/C16H18ClNO3/c1-2-21-16(20)13(15(19)12-5-3-4-6-12)9-11-7-8-18-14(17)10-11/h7-10,12H,2-6H2,1H3. The molecule has 1 fully saturated rings. The van der Waals surface area contributed by atoms with Crippen molar-refractivity contribution >= 4 is 29.4 Å². The minimum atomic E-state index is -0.567. The number of aromatic nitrogens is 1. The Balaban J connectivity index is 2.30. The number of hydrogen-bond acceptors (Lipinski definition) is 4. The number of carbonyl (C=O) groups is 2. The molecule has 0 bridgehead atoms. The van der Waals surface area contributed by atoms with Crippen LogP contribution in [0.15, 0.2) is 23.9 Å². The van der Waals surface area contributed by atoms with E-state index in [0.717, 1.165) is 25.7 Å². The molecule has 1 heterocycles. The highest BCUT2D eigenvalue weighted by molar-refractivity contribution is 6.29. The summed E-state index contributed by atoms with van der Waals surface area (Å²) >= 11 is 5.83. The lowest BCUT2D eigenvalue weighted by molar-refractivity contribution is -0.140. The van der Waals surface area contributed by atoms with Crippen LogP contribution in [0.5, 0.6) is 0 Å². The van der Waals surface area contributed by atoms with Gasteiger partial charge in [0.05, 0.1) is 6.61 Å². The van der Waals surface area contributed by atoms with E-state index in [9.17, 15) is 9.59 Å². The number of ketones is 1. The van der Waals surface area contributed by atoms with Crippen LogP contribution < -0.4 is 0 Å². The van der Waals surface area contributed by atoms with Crippen LogP contribution in [0.25, 0.3) is 6.08 Å². The first-order valence-corrected chi connectivity index (χ1v) is 7.54. The molecule has 0 aliphatic heterocycles. The van der Waals surface area contributed by atoms with Gasteiger partial charge in [-0.2, -0.15) is 0 Å². The molecule has 0 unspecified atom stereocenters. The lowest BCUT2D eigenvalue weighted by Gasteiger charge is -2.11. The molecule has 1 aliphatic carbocycles. The van der Waals surface area contributed by atoms with Gasteiger partial charge >= 0.3 is 5.97 Å². The normalized spacial score (nSPS) is 16.0. The van der Waals surface area contributed by atoms with Gasteiger partial charge in [0.2, 0.25) is 0 Å². The van der Waals surface area contributed by atoms with E-state index in [4.69, 9.17) is 16.3 Å². The van der Waals surface area contributed by atoms with Crippen LogP contribution >= 0.6 is 11.6 Å². The number of esters is 1. The molecule has 1 saturated carbocycles. The van der Waals surface area contributed by atoms with Crippen molar-refractivity contribution in [1.82, 2.24) is 4.98 Å². The van der Waals surface area contributed by atoms with Gasteiger partial charge in [0.1, 0.15) is 10.7 Å². The number of Topliss-reactive ketones (excluding diaryl/α,β-unsaturated/α-hetero) is 1. The van der Waals surface area contributed by atoms with Crippen molar-refractivity contribution in [1.29, 1.82) is 0 Å². The van der Waals surface area contributed by atoms with Crippen LogP contribution in [0, 0.1) is 5.92 Å². The van der Waals surface area contributed by atoms with Crippen molar-refractivity contribution in [2.24, 2.45) is 5.92 Å². The minimum Gasteiger partial charge on any atom is -0.462 e. The van der Waals surface area contributed by atoms with E-state index in [0.29, 0.717) is 10.7 Å². The molecule has 1 aromatic rings. The first-order valence-electron chi connectivity index (χ1n) is 7.16. The summed E-state index contributed by atoms with van der Waals surface area (Å²) in [5, 5.41) is 0.320. The number of pyridine rings is 1. The fourth-order valence-electron chi connectivity index (χ4n) is 2.52. The maximum absolute atomic E-state index is 12.5. The van der Waals surface area contributed by atoms with E-state index in [1.807, 2.05) is 0 Å². The van der Waals surface area contributed by atoms with Crippen molar-refractivity contribution in [3.63, 3.8) is 0 Å². The maximum Gasteiger partial charge on any atom is 0.341 e. The molecule has 0 atom stereocenters. The minimum absolute atomic E-state index is 0.0713. The lowest BCUT2D eigenvalue weighted by Crippen LogP contribution is -2.21. The van der Waals surface area contributed by atoms with Gasteiger partial charge in [-0.15, -0.1) is 0 Å². The predicted molar refractivity (Wildman–Crippen MR) is 80.8 cm³/mol. The van der Waals surface area contributed by atoms with E-state index in [2.05, 4.69) is 4.98 Å². The van der Waals surface area contributed by atoms with Crippen molar-refractivity contribution in [3.05, 3.63) is 34.6 Å². The summed E-state index contributed by atoms with van der Waals surface area (Å²) < 4.78 is 5.01. The molecule has 0 N–H and O–H groups in total. The predicted octanol–water partition coefficient (Wildman–Crippen LogP) is 3.44. The van der Waals surface area contributed by atoms with Gasteiger partial charge in [0.25, 0.3) is 0 Å². The third-order valence-corrected chi connectivity index (χ3v) is 3.76. The average Bonchev–Trinajstić information content (AvgIpc) is 2.98. The van der Waals surface area contributed by atoms with E-state index in [1.165, 1.54) is 6.20 Å². The molecule has 5 heteroatoms. The van der Waals surface area contributed by atoms with Crippen LogP contribution in [-0.4, -0.2) is 23.3 Å². The zero-order valence-corrected chi connectivity index (χ0v) is 12.7. The third kappa shape index (κ3) is 4.14. The Morgan fingerprint density at radius 1 is 1.43 bits per heavy atom. The van der Waals surface area contributed by atoms with Gasteiger partial charge in [-0.25, -0.2) is 9.78 Å². The molecule has 1 aliphatic rings. The zero-order valence-electron chi connectivity index (χ0n) is 12.0. The average molecular weight is 308 g/mol. The highest BCUT2D eigenvalue weighted by Crippen LogP contribution is 2.28. The van der Waals surface area contributed by atoms with Gasteiger partial charge in [0, 0.05) is 12.1 Å². The molecule has 1 aromatic heterocycles. The quantitative estimate of drug-likeness (QED) is 0.275. The van der Waals surface area contributed by atoms with Gasteiger partial charge in [-0.05, 0) is 43.5 Å². The van der Waals surface area contributed by atoms with Crippen molar-refractivity contribution in [2.45, 2.75) is 32.6 Å². The molecule has 0 amide bonds. The van der Waals surface area contributed by atoms with E-state index in [1.54, 1.807) is 25.1 Å². The summed E-state index contributed by atoms with van der Waals surface area (Å²) in [5.41, 5.74) is 0.774. The Bertz CT molecular complexity index is 562. The molecular weight excluding hydrogens is 290 g/mol. The van der Waals surface area contributed by atoms with Crippen LogP contribution in [0.3, 0.4) is 0 Å². The number of rotatable bonds is 5. The van der Waals surface area contributed by atoms with Crippen molar-refractivity contribution in [3.8, 4) is 0 Å². The summed E-state index contributed by atoms with van der Waals surface area (Å²) in [6.07, 6.45) is 6.84. The van der Waals surface area contributed by atoms with E-state index < -0.39 is 5.97 Å². The maximum atomic E-state index is 12.5. The topological polar surface area (TPSA) is 56.3 Å². The second-order valence-corrected chi connectivity index (χ2v) is 5.42. The Hall–Kier alpha value is -1.68. The summed E-state index contributed by atoms with van der Waals surface area (Å²) in [7, 11) is 0. The number of ether oxygens (including phenoxy) is 1. The Labute approximate surface area is 129 Å². The highest BCUT2D eigenvalue weighted by atomic mass is 35.5. The molecule has 0 spiro atoms. The second-order valence-electron chi connectivity index (χ2n) is 5.04. The summed E-state index contributed by atoms with van der Waals surface area (Å²) in [6.45, 7) is 1.96. The van der Waals surface area contributed by atoms with Crippen LogP contribution in [0.2, 0.25) is 5.15 Å². The van der Waals surface area contributed by atoms with Crippen molar-refractivity contribution < 1.29 is 14.3 Å². The van der Waals surface area contributed by atoms with Gasteiger partial charge < -0.3 is 4.74 Å². The van der Waals surface area contributed by atoms with Crippen LogP contribution in [0.4, 0.5) is 0 Å². The molecule has 0 radical (unpaired) electrons. The van der Waals surface area contributed by atoms with Gasteiger partial charge in [-0.1, -0.05) is 24.4 Å².